The molecule has 1 aromatic carbocycles. The summed E-state index contributed by atoms with van der Waals surface area (Å²) in [7, 11) is 1.98. The van der Waals surface area contributed by atoms with Crippen LogP contribution in [-0.4, -0.2) is 7.05 Å². The molecule has 0 spiro atoms. The summed E-state index contributed by atoms with van der Waals surface area (Å²) >= 11 is 1.81. The van der Waals surface area contributed by atoms with Crippen LogP contribution in [0.3, 0.4) is 0 Å². The van der Waals surface area contributed by atoms with Crippen LogP contribution in [0.2, 0.25) is 0 Å². The van der Waals surface area contributed by atoms with E-state index in [1.807, 2.05) is 18.4 Å². The molecule has 15 heavy (non-hydrogen) atoms. The molecule has 0 aliphatic heterocycles. The topological polar surface area (TPSA) is 12.0 Å². The van der Waals surface area contributed by atoms with E-state index in [1.165, 1.54) is 21.6 Å². The van der Waals surface area contributed by atoms with E-state index in [0.717, 1.165) is 6.54 Å². The van der Waals surface area contributed by atoms with Gasteiger partial charge in [-0.25, -0.2) is 0 Å². The summed E-state index contributed by atoms with van der Waals surface area (Å²) in [4.78, 5) is 1.38. The molecule has 0 aliphatic carbocycles. The first-order valence-electron chi connectivity index (χ1n) is 5.09. The van der Waals surface area contributed by atoms with Crippen molar-refractivity contribution in [1.82, 2.24) is 5.32 Å². The monoisotopic (exact) mass is 217 g/mol. The summed E-state index contributed by atoms with van der Waals surface area (Å²) in [5.74, 6) is 0. The smallest absolute Gasteiger partial charge is 0.0371 e. The van der Waals surface area contributed by atoms with Gasteiger partial charge in [0.25, 0.3) is 0 Å². The van der Waals surface area contributed by atoms with Crippen LogP contribution in [0.1, 0.15) is 11.1 Å². The molecular formula is C13H15NS. The zero-order valence-electron chi connectivity index (χ0n) is 9.08. The van der Waals surface area contributed by atoms with E-state index in [-0.39, 0.29) is 0 Å². The number of benzene rings is 1. The van der Waals surface area contributed by atoms with Crippen molar-refractivity contribution in [1.29, 1.82) is 0 Å². The maximum absolute atomic E-state index is 3.17. The first-order valence-corrected chi connectivity index (χ1v) is 5.97. The minimum atomic E-state index is 0.929. The maximum atomic E-state index is 3.17. The zero-order chi connectivity index (χ0) is 10.7. The van der Waals surface area contributed by atoms with Crippen LogP contribution in [0.15, 0.2) is 35.7 Å². The lowest BCUT2D eigenvalue weighted by Crippen LogP contribution is -2.04. The van der Waals surface area contributed by atoms with Crippen molar-refractivity contribution in [2.45, 2.75) is 13.5 Å². The Hall–Kier alpha value is -1.12. The Balaban J connectivity index is 2.37. The Morgan fingerprint density at radius 3 is 2.80 bits per heavy atom. The Morgan fingerprint density at radius 1 is 1.27 bits per heavy atom. The summed E-state index contributed by atoms with van der Waals surface area (Å²) in [6.45, 7) is 3.09. The predicted molar refractivity (Wildman–Crippen MR) is 67.3 cm³/mol. The third kappa shape index (κ3) is 2.28. The van der Waals surface area contributed by atoms with Crippen molar-refractivity contribution in [3.63, 3.8) is 0 Å². The molecule has 0 saturated carbocycles. The van der Waals surface area contributed by atoms with Gasteiger partial charge in [-0.1, -0.05) is 18.2 Å². The summed E-state index contributed by atoms with van der Waals surface area (Å²) in [6, 6.07) is 10.9. The van der Waals surface area contributed by atoms with Gasteiger partial charge in [-0.05, 0) is 48.2 Å². The number of hydrogen-bond donors (Lipinski definition) is 1. The van der Waals surface area contributed by atoms with E-state index < -0.39 is 0 Å². The first-order chi connectivity index (χ1) is 7.31. The number of thiophene rings is 1. The highest BCUT2D eigenvalue weighted by Gasteiger charge is 2.03. The van der Waals surface area contributed by atoms with Crippen LogP contribution in [0.5, 0.6) is 0 Å². The second-order valence-electron chi connectivity index (χ2n) is 3.66. The quantitative estimate of drug-likeness (QED) is 0.830. The van der Waals surface area contributed by atoms with Crippen molar-refractivity contribution in [3.8, 4) is 10.4 Å². The van der Waals surface area contributed by atoms with Gasteiger partial charge in [0.15, 0.2) is 0 Å². The summed E-state index contributed by atoms with van der Waals surface area (Å²) in [6.07, 6.45) is 0. The molecule has 0 aliphatic rings. The van der Waals surface area contributed by atoms with Gasteiger partial charge < -0.3 is 5.32 Å². The van der Waals surface area contributed by atoms with Crippen molar-refractivity contribution < 1.29 is 0 Å². The summed E-state index contributed by atoms with van der Waals surface area (Å²) in [5.41, 5.74) is 4.03. The zero-order valence-corrected chi connectivity index (χ0v) is 9.90. The lowest BCUT2D eigenvalue weighted by molar-refractivity contribution is 0.818. The van der Waals surface area contributed by atoms with Gasteiger partial charge in [0.2, 0.25) is 0 Å². The second kappa shape index (κ2) is 4.60. The summed E-state index contributed by atoms with van der Waals surface area (Å²) in [5, 5.41) is 5.32. The minimum absolute atomic E-state index is 0.929. The molecule has 1 aromatic heterocycles. The van der Waals surface area contributed by atoms with Crippen LogP contribution in [0.4, 0.5) is 0 Å². The number of nitrogens with one attached hydrogen (secondary N) is 1. The van der Waals surface area contributed by atoms with Gasteiger partial charge in [0, 0.05) is 11.4 Å². The Kier molecular flexibility index (Phi) is 3.19. The lowest BCUT2D eigenvalue weighted by atomic mass is 10.1. The van der Waals surface area contributed by atoms with E-state index >= 15 is 0 Å². The van der Waals surface area contributed by atoms with Crippen LogP contribution >= 0.6 is 11.3 Å². The van der Waals surface area contributed by atoms with Crippen molar-refractivity contribution in [2.75, 3.05) is 7.05 Å². The fourth-order valence-corrected chi connectivity index (χ4v) is 2.62. The van der Waals surface area contributed by atoms with Crippen molar-refractivity contribution in [3.05, 3.63) is 46.8 Å². The largest absolute Gasteiger partial charge is 0.316 e. The standard InChI is InChI=1S/C13H15NS/c1-10-6-7-15-13(10)12-5-3-4-11(8-12)9-14-2/h3-8,14H,9H2,1-2H3. The fourth-order valence-electron chi connectivity index (χ4n) is 1.70. The van der Waals surface area contributed by atoms with Gasteiger partial charge in [-0.15, -0.1) is 11.3 Å². The average Bonchev–Trinajstić information content (AvgIpc) is 2.65. The summed E-state index contributed by atoms with van der Waals surface area (Å²) < 4.78 is 0. The van der Waals surface area contributed by atoms with E-state index in [9.17, 15) is 0 Å². The molecule has 0 radical (unpaired) electrons. The van der Waals surface area contributed by atoms with E-state index in [2.05, 4.69) is 48.0 Å². The van der Waals surface area contributed by atoms with Gasteiger partial charge >= 0.3 is 0 Å². The van der Waals surface area contributed by atoms with Crippen LogP contribution in [0, 0.1) is 6.92 Å². The lowest BCUT2D eigenvalue weighted by Gasteiger charge is -2.04. The molecule has 1 nitrogen and oxygen atoms in total. The molecule has 0 bridgehead atoms. The van der Waals surface area contributed by atoms with Crippen LogP contribution in [0.25, 0.3) is 10.4 Å². The van der Waals surface area contributed by atoms with E-state index in [1.54, 1.807) is 0 Å². The maximum Gasteiger partial charge on any atom is 0.0371 e. The molecule has 2 rings (SSSR count). The van der Waals surface area contributed by atoms with Crippen LogP contribution < -0.4 is 5.32 Å². The van der Waals surface area contributed by atoms with Gasteiger partial charge in [0.1, 0.15) is 0 Å². The third-order valence-corrected chi connectivity index (χ3v) is 3.50. The Bertz CT molecular complexity index is 445. The third-order valence-electron chi connectivity index (χ3n) is 2.43. The van der Waals surface area contributed by atoms with Gasteiger partial charge in [-0.3, -0.25) is 0 Å². The molecule has 0 amide bonds. The minimum Gasteiger partial charge on any atom is -0.316 e. The molecule has 1 heterocycles. The van der Waals surface area contributed by atoms with E-state index in [0.29, 0.717) is 0 Å². The molecule has 78 valence electrons. The Labute approximate surface area is 94.8 Å². The van der Waals surface area contributed by atoms with Crippen molar-refractivity contribution >= 4 is 11.3 Å². The Morgan fingerprint density at radius 2 is 2.13 bits per heavy atom. The SMILES string of the molecule is CNCc1cccc(-c2sccc2C)c1. The van der Waals surface area contributed by atoms with Crippen LogP contribution in [-0.2, 0) is 6.54 Å². The molecule has 2 aromatic rings. The molecule has 0 saturated heterocycles. The normalized spacial score (nSPS) is 10.5. The number of aryl methyl sites for hydroxylation is 1. The highest BCUT2D eigenvalue weighted by molar-refractivity contribution is 7.13. The molecule has 0 unspecified atom stereocenters. The average molecular weight is 217 g/mol. The molecule has 1 N–H and O–H groups in total. The number of rotatable bonds is 3. The van der Waals surface area contributed by atoms with E-state index in [4.69, 9.17) is 0 Å². The number of hydrogen-bond acceptors (Lipinski definition) is 2. The molecule has 0 atom stereocenters. The van der Waals surface area contributed by atoms with Gasteiger partial charge in [-0.2, -0.15) is 0 Å². The molecule has 0 fully saturated rings. The highest BCUT2D eigenvalue weighted by atomic mass is 32.1. The van der Waals surface area contributed by atoms with Gasteiger partial charge in [0.05, 0.1) is 0 Å². The second-order valence-corrected chi connectivity index (χ2v) is 4.58. The molecule has 2 heteroatoms. The predicted octanol–water partition coefficient (Wildman–Crippen LogP) is 3.44. The fraction of sp³-hybridized carbons (Fsp3) is 0.231. The molecular weight excluding hydrogens is 202 g/mol. The van der Waals surface area contributed by atoms with Crippen molar-refractivity contribution in [2.24, 2.45) is 0 Å². The highest BCUT2D eigenvalue weighted by Crippen LogP contribution is 2.29. The first kappa shape index (κ1) is 10.4.